The predicted octanol–water partition coefficient (Wildman–Crippen LogP) is 1.42. The van der Waals surface area contributed by atoms with Crippen molar-refractivity contribution in [2.75, 3.05) is 39.6 Å². The molecular formula is C22H45N3O6. The van der Waals surface area contributed by atoms with Crippen LogP contribution in [0, 0.1) is 5.41 Å². The summed E-state index contributed by atoms with van der Waals surface area (Å²) in [5.74, 6) is 0.00632. The van der Waals surface area contributed by atoms with E-state index in [-0.39, 0.29) is 41.1 Å². The first-order valence-electron chi connectivity index (χ1n) is 10.8. The molecule has 0 radical (unpaired) electrons. The molecule has 0 aromatic carbocycles. The second-order valence-electron chi connectivity index (χ2n) is 8.49. The Bertz CT molecular complexity index is 481. The van der Waals surface area contributed by atoms with Crippen LogP contribution in [0.3, 0.4) is 0 Å². The average Bonchev–Trinajstić information content (AvgIpc) is 2.59. The fourth-order valence-corrected chi connectivity index (χ4v) is 2.57. The Balaban J connectivity index is 0. The third-order valence-corrected chi connectivity index (χ3v) is 3.99. The molecule has 0 fully saturated rings. The van der Waals surface area contributed by atoms with Crippen molar-refractivity contribution >= 4 is 17.6 Å². The number of carbonyl (C=O) groups is 3. The zero-order valence-electron chi connectivity index (χ0n) is 20.7. The molecule has 0 heterocycles. The van der Waals surface area contributed by atoms with E-state index >= 15 is 0 Å². The second-order valence-corrected chi connectivity index (χ2v) is 8.49. The minimum absolute atomic E-state index is 0.0408. The molecule has 3 unspecified atom stereocenters. The number of nitrogens with two attached hydrogens (primary N) is 1. The fourth-order valence-electron chi connectivity index (χ4n) is 2.57. The Labute approximate surface area is 188 Å². The normalized spacial score (nSPS) is 15.5. The van der Waals surface area contributed by atoms with Gasteiger partial charge in [0.05, 0.1) is 39.6 Å². The fraction of sp³-hybridized carbons (Fsp3) is 0.864. The molecule has 9 heteroatoms. The highest BCUT2D eigenvalue weighted by molar-refractivity contribution is 5.73. The van der Waals surface area contributed by atoms with Crippen LogP contribution in [0.4, 0.5) is 0 Å². The molecule has 0 aliphatic rings. The lowest BCUT2D eigenvalue weighted by molar-refractivity contribution is -0.120. The lowest BCUT2D eigenvalue weighted by Crippen LogP contribution is -2.42. The van der Waals surface area contributed by atoms with Gasteiger partial charge < -0.3 is 35.4 Å². The number of hydrogen-bond donors (Lipinski definition) is 3. The van der Waals surface area contributed by atoms with Crippen molar-refractivity contribution in [3.05, 3.63) is 0 Å². The zero-order valence-corrected chi connectivity index (χ0v) is 20.7. The summed E-state index contributed by atoms with van der Waals surface area (Å²) < 4.78 is 17.5. The van der Waals surface area contributed by atoms with E-state index in [1.165, 1.54) is 27.7 Å². The number of carbonyl (C=O) groups excluding carboxylic acids is 3. The highest BCUT2D eigenvalue weighted by Gasteiger charge is 2.30. The number of rotatable bonds is 15. The van der Waals surface area contributed by atoms with Gasteiger partial charge in [0.1, 0.15) is 5.78 Å². The number of nitrogens with one attached hydrogen (secondary N) is 2. The van der Waals surface area contributed by atoms with Crippen LogP contribution in [-0.4, -0.2) is 75.4 Å². The number of hydrogen-bond acceptors (Lipinski definition) is 7. The van der Waals surface area contributed by atoms with Gasteiger partial charge >= 0.3 is 0 Å². The molecule has 3 atom stereocenters. The lowest BCUT2D eigenvalue weighted by atomic mass is 9.88. The summed E-state index contributed by atoms with van der Waals surface area (Å²) in [6.45, 7) is 16.4. The molecule has 9 nitrogen and oxygen atoms in total. The maximum atomic E-state index is 11.1. The minimum Gasteiger partial charge on any atom is -0.379 e. The Morgan fingerprint density at radius 1 is 0.774 bits per heavy atom. The molecule has 0 saturated heterocycles. The van der Waals surface area contributed by atoms with Crippen molar-refractivity contribution < 1.29 is 28.6 Å². The summed E-state index contributed by atoms with van der Waals surface area (Å²) in [6, 6.07) is -0.175. The van der Waals surface area contributed by atoms with Gasteiger partial charge in [0.2, 0.25) is 11.8 Å². The largest absolute Gasteiger partial charge is 0.379 e. The molecule has 31 heavy (non-hydrogen) atoms. The molecule has 0 aliphatic heterocycles. The number of ether oxygens (including phenoxy) is 3. The Morgan fingerprint density at radius 3 is 1.35 bits per heavy atom. The van der Waals surface area contributed by atoms with Gasteiger partial charge in [-0.05, 0) is 41.0 Å². The van der Waals surface area contributed by atoms with E-state index in [9.17, 15) is 14.4 Å². The number of amides is 2. The highest BCUT2D eigenvalue weighted by atomic mass is 16.5. The minimum atomic E-state index is -0.319. The molecule has 0 saturated carbocycles. The van der Waals surface area contributed by atoms with Gasteiger partial charge in [-0.1, -0.05) is 6.92 Å². The van der Waals surface area contributed by atoms with Crippen molar-refractivity contribution in [3.63, 3.8) is 0 Å². The summed E-state index contributed by atoms with van der Waals surface area (Å²) in [5, 5.41) is 5.60. The quantitative estimate of drug-likeness (QED) is 0.346. The molecule has 2 amide bonds. The van der Waals surface area contributed by atoms with E-state index in [1.54, 1.807) is 0 Å². The average molecular weight is 448 g/mol. The van der Waals surface area contributed by atoms with Gasteiger partial charge in [-0.25, -0.2) is 0 Å². The van der Waals surface area contributed by atoms with Gasteiger partial charge in [-0.2, -0.15) is 0 Å². The molecule has 0 aromatic rings. The first-order chi connectivity index (χ1) is 14.3. The van der Waals surface area contributed by atoms with Gasteiger partial charge in [-0.3, -0.25) is 9.59 Å². The van der Waals surface area contributed by atoms with Crippen LogP contribution < -0.4 is 16.4 Å². The third-order valence-electron chi connectivity index (χ3n) is 3.99. The van der Waals surface area contributed by atoms with E-state index in [0.717, 1.165) is 6.42 Å². The van der Waals surface area contributed by atoms with Crippen molar-refractivity contribution in [1.82, 2.24) is 10.6 Å². The third kappa shape index (κ3) is 21.5. The first kappa shape index (κ1) is 31.6. The van der Waals surface area contributed by atoms with Crippen LogP contribution in [0.1, 0.15) is 61.8 Å². The molecule has 184 valence electrons. The molecule has 0 rings (SSSR count). The van der Waals surface area contributed by atoms with Crippen LogP contribution in [0.15, 0.2) is 0 Å². The molecular weight excluding hydrogens is 402 g/mol. The highest BCUT2D eigenvalue weighted by Crippen LogP contribution is 2.24. The summed E-state index contributed by atoms with van der Waals surface area (Å²) in [6.07, 6.45) is 0.801. The Hall–Kier alpha value is -1.55. The monoisotopic (exact) mass is 447 g/mol. The second kappa shape index (κ2) is 18.1. The zero-order chi connectivity index (χ0) is 24.4. The molecule has 0 aromatic heterocycles. The van der Waals surface area contributed by atoms with Crippen molar-refractivity contribution in [2.24, 2.45) is 11.1 Å². The van der Waals surface area contributed by atoms with Crippen LogP contribution in [0.2, 0.25) is 0 Å². The maximum Gasteiger partial charge on any atom is 0.217 e. The molecule has 4 N–H and O–H groups in total. The summed E-state index contributed by atoms with van der Waals surface area (Å²) in [4.78, 5) is 31.7. The van der Waals surface area contributed by atoms with Crippen LogP contribution in [0.25, 0.3) is 0 Å². The lowest BCUT2D eigenvalue weighted by Gasteiger charge is -2.33. The van der Waals surface area contributed by atoms with E-state index in [4.69, 9.17) is 19.9 Å². The molecule has 0 spiro atoms. The van der Waals surface area contributed by atoms with Gasteiger partial charge in [0.25, 0.3) is 0 Å². The summed E-state index contributed by atoms with van der Waals surface area (Å²) >= 11 is 0. The van der Waals surface area contributed by atoms with Crippen LogP contribution in [0.5, 0.6) is 0 Å². The van der Waals surface area contributed by atoms with E-state index in [0.29, 0.717) is 39.6 Å². The van der Waals surface area contributed by atoms with Gasteiger partial charge in [0.15, 0.2) is 0 Å². The smallest absolute Gasteiger partial charge is 0.217 e. The van der Waals surface area contributed by atoms with Crippen LogP contribution in [-0.2, 0) is 28.6 Å². The van der Waals surface area contributed by atoms with E-state index < -0.39 is 0 Å². The van der Waals surface area contributed by atoms with Crippen molar-refractivity contribution in [1.29, 1.82) is 0 Å². The Morgan fingerprint density at radius 2 is 1.10 bits per heavy atom. The van der Waals surface area contributed by atoms with E-state index in [2.05, 4.69) is 17.6 Å². The summed E-state index contributed by atoms with van der Waals surface area (Å²) in [7, 11) is 0. The SMILES string of the molecule is CC(C)=O.CCC(COCC(C)N)(COCC(C)NC(C)=O)COCC(C)NC(C)=O. The first-order valence-corrected chi connectivity index (χ1v) is 10.8. The molecule has 0 aliphatic carbocycles. The molecule has 0 bridgehead atoms. The summed E-state index contributed by atoms with van der Waals surface area (Å²) in [5.41, 5.74) is 5.45. The topological polar surface area (TPSA) is 129 Å². The van der Waals surface area contributed by atoms with Gasteiger partial charge in [0, 0.05) is 37.4 Å². The maximum absolute atomic E-state index is 11.1. The number of Topliss-reactive ketones (excluding diaryl/α,β-unsaturated/α-hetero) is 1. The van der Waals surface area contributed by atoms with Gasteiger partial charge in [-0.15, -0.1) is 0 Å². The van der Waals surface area contributed by atoms with Crippen molar-refractivity contribution in [2.45, 2.75) is 79.9 Å². The van der Waals surface area contributed by atoms with E-state index in [1.807, 2.05) is 20.8 Å². The predicted molar refractivity (Wildman–Crippen MR) is 122 cm³/mol. The number of ketones is 1. The van der Waals surface area contributed by atoms with Crippen LogP contribution >= 0.6 is 0 Å². The van der Waals surface area contributed by atoms with Crippen molar-refractivity contribution in [3.8, 4) is 0 Å². The standard InChI is InChI=1S/C19H39N3O5.C3H6O/c1-7-19(11-25-8-14(2)20,12-26-9-15(3)21-17(5)23)13-27-10-16(4)22-18(6)24;1-3(2)4/h14-16H,7-13,20H2,1-6H3,(H,21,23)(H,22,24);1-2H3. The Kier molecular flexibility index (Phi) is 18.4.